The molecule has 0 saturated heterocycles. The Morgan fingerprint density at radius 3 is 2.67 bits per heavy atom. The summed E-state index contributed by atoms with van der Waals surface area (Å²) in [5.74, 6) is 0.646. The van der Waals surface area contributed by atoms with E-state index >= 15 is 0 Å². The number of aromatic amines is 2. The van der Waals surface area contributed by atoms with Gasteiger partial charge >= 0.3 is 0 Å². The molecule has 0 fully saturated rings. The van der Waals surface area contributed by atoms with Crippen molar-refractivity contribution in [3.8, 4) is 33.9 Å². The van der Waals surface area contributed by atoms with E-state index in [0.29, 0.717) is 11.5 Å². The number of H-pyrrole nitrogens is 2. The molecule has 0 aliphatic heterocycles. The van der Waals surface area contributed by atoms with Gasteiger partial charge in [0.2, 0.25) is 0 Å². The number of aromatic nitrogens is 6. The van der Waals surface area contributed by atoms with E-state index in [1.54, 1.807) is 31.1 Å². The van der Waals surface area contributed by atoms with Gasteiger partial charge in [0.25, 0.3) is 0 Å². The molecule has 5 heterocycles. The molecule has 0 spiro atoms. The Balaban J connectivity index is 1.40. The molecular weight excluding hydrogens is 454 g/mol. The summed E-state index contributed by atoms with van der Waals surface area (Å²) in [5, 5.41) is 22.2. The molecule has 6 rings (SSSR count). The highest BCUT2D eigenvalue weighted by Crippen LogP contribution is 2.33. The molecule has 0 aliphatic carbocycles. The summed E-state index contributed by atoms with van der Waals surface area (Å²) in [6, 6.07) is 11.8. The molecule has 0 amide bonds. The van der Waals surface area contributed by atoms with Crippen LogP contribution in [-0.2, 0) is 0 Å². The second-order valence-corrected chi connectivity index (χ2v) is 9.86. The van der Waals surface area contributed by atoms with Crippen LogP contribution in [0, 0.1) is 5.41 Å². The Hall–Kier alpha value is -4.50. The number of furan rings is 1. The molecule has 1 aromatic carbocycles. The van der Waals surface area contributed by atoms with Crippen molar-refractivity contribution >= 4 is 27.6 Å². The van der Waals surface area contributed by atoms with Crippen LogP contribution in [-0.4, -0.2) is 41.5 Å². The van der Waals surface area contributed by atoms with Crippen LogP contribution in [0.5, 0.6) is 0 Å². The summed E-state index contributed by atoms with van der Waals surface area (Å²) in [7, 11) is 0. The Labute approximate surface area is 206 Å². The molecule has 0 saturated carbocycles. The van der Waals surface area contributed by atoms with Crippen LogP contribution in [0.15, 0.2) is 71.9 Å². The monoisotopic (exact) mass is 479 g/mol. The number of hydrogen-bond donors (Lipinski definition) is 4. The van der Waals surface area contributed by atoms with Gasteiger partial charge in [-0.05, 0) is 35.9 Å². The van der Waals surface area contributed by atoms with Gasteiger partial charge in [-0.3, -0.25) is 15.1 Å². The third kappa shape index (κ3) is 3.89. The van der Waals surface area contributed by atoms with Crippen LogP contribution in [0.3, 0.4) is 0 Å². The maximum absolute atomic E-state index is 10.4. The van der Waals surface area contributed by atoms with Gasteiger partial charge in [-0.25, -0.2) is 4.98 Å². The first-order chi connectivity index (χ1) is 17.4. The van der Waals surface area contributed by atoms with Gasteiger partial charge < -0.3 is 19.8 Å². The van der Waals surface area contributed by atoms with Crippen LogP contribution in [0.2, 0.25) is 0 Å². The predicted molar refractivity (Wildman–Crippen MR) is 139 cm³/mol. The number of aliphatic hydroxyl groups excluding tert-OH is 1. The zero-order chi connectivity index (χ0) is 24.9. The van der Waals surface area contributed by atoms with Gasteiger partial charge in [-0.15, -0.1) is 0 Å². The van der Waals surface area contributed by atoms with Crippen molar-refractivity contribution in [2.75, 3.05) is 5.32 Å². The summed E-state index contributed by atoms with van der Waals surface area (Å²) in [5.41, 5.74) is 7.18. The molecule has 6 aromatic rings. The molecule has 0 bridgehead atoms. The number of benzene rings is 1. The van der Waals surface area contributed by atoms with Crippen molar-refractivity contribution in [1.82, 2.24) is 30.1 Å². The van der Waals surface area contributed by atoms with Crippen LogP contribution in [0.4, 0.5) is 5.69 Å². The predicted octanol–water partition coefficient (Wildman–Crippen LogP) is 5.60. The molecule has 4 N–H and O–H groups in total. The molecule has 1 atom stereocenters. The van der Waals surface area contributed by atoms with Gasteiger partial charge in [-0.1, -0.05) is 26.8 Å². The number of rotatable bonds is 5. The minimum absolute atomic E-state index is 0.305. The van der Waals surface area contributed by atoms with E-state index in [4.69, 9.17) is 9.40 Å². The molecule has 180 valence electrons. The highest BCUT2D eigenvalue weighted by atomic mass is 16.3. The number of nitrogens with one attached hydrogen (secondary N) is 3. The fourth-order valence-corrected chi connectivity index (χ4v) is 4.08. The first-order valence-electron chi connectivity index (χ1n) is 11.6. The topological polar surface area (TPSA) is 129 Å². The second-order valence-electron chi connectivity index (χ2n) is 9.86. The Morgan fingerprint density at radius 1 is 0.972 bits per heavy atom. The average molecular weight is 480 g/mol. The second kappa shape index (κ2) is 8.31. The van der Waals surface area contributed by atoms with Crippen molar-refractivity contribution in [2.45, 2.75) is 27.0 Å². The number of hydrogen-bond acceptors (Lipinski definition) is 7. The third-order valence-electron chi connectivity index (χ3n) is 6.18. The molecule has 9 heteroatoms. The molecule has 5 aromatic heterocycles. The molecule has 0 aliphatic rings. The van der Waals surface area contributed by atoms with E-state index in [1.807, 2.05) is 51.1 Å². The van der Waals surface area contributed by atoms with Crippen molar-refractivity contribution in [3.63, 3.8) is 0 Å². The first-order valence-corrected chi connectivity index (χ1v) is 11.6. The molecule has 9 nitrogen and oxygen atoms in total. The lowest BCUT2D eigenvalue weighted by atomic mass is 9.94. The van der Waals surface area contributed by atoms with Crippen LogP contribution >= 0.6 is 0 Å². The standard InChI is InChI=1S/C27H25N7O2/c1-27(2,3)26(35)30-18-10-17(12-28-13-18)15-4-5-20-19(11-15)23(34-33-20)25-31-21-6-8-29-22(24(21)32-25)16-7-9-36-14-16/h4-14,26,30,35H,1-3H3,(H,31,32)(H,33,34). The van der Waals surface area contributed by atoms with E-state index in [9.17, 15) is 5.11 Å². The van der Waals surface area contributed by atoms with Gasteiger partial charge in [0.15, 0.2) is 5.82 Å². The lowest BCUT2D eigenvalue weighted by molar-refractivity contribution is 0.0880. The van der Waals surface area contributed by atoms with Gasteiger partial charge in [0.05, 0.1) is 35.4 Å². The van der Waals surface area contributed by atoms with Gasteiger partial charge in [0, 0.05) is 34.3 Å². The molecule has 0 radical (unpaired) electrons. The summed E-state index contributed by atoms with van der Waals surface area (Å²) >= 11 is 0. The van der Waals surface area contributed by atoms with E-state index in [0.717, 1.165) is 50.0 Å². The zero-order valence-corrected chi connectivity index (χ0v) is 20.1. The summed E-state index contributed by atoms with van der Waals surface area (Å²) in [6.45, 7) is 5.92. The van der Waals surface area contributed by atoms with Gasteiger partial charge in [-0.2, -0.15) is 5.10 Å². The minimum atomic E-state index is -0.702. The Bertz CT molecular complexity index is 1680. The maximum atomic E-state index is 10.4. The van der Waals surface area contributed by atoms with E-state index in [2.05, 4.69) is 36.5 Å². The normalized spacial score (nSPS) is 12.9. The average Bonchev–Trinajstić information content (AvgIpc) is 3.62. The lowest BCUT2D eigenvalue weighted by Gasteiger charge is -2.27. The summed E-state index contributed by atoms with van der Waals surface area (Å²) in [4.78, 5) is 17.1. The largest absolute Gasteiger partial charge is 0.472 e. The Morgan fingerprint density at radius 2 is 1.86 bits per heavy atom. The number of nitrogens with zero attached hydrogens (tertiary/aromatic N) is 4. The molecule has 1 unspecified atom stereocenters. The maximum Gasteiger partial charge on any atom is 0.159 e. The number of anilines is 1. The van der Waals surface area contributed by atoms with Gasteiger partial charge in [0.1, 0.15) is 23.1 Å². The quantitative estimate of drug-likeness (QED) is 0.237. The van der Waals surface area contributed by atoms with E-state index in [-0.39, 0.29) is 5.41 Å². The fourth-order valence-electron chi connectivity index (χ4n) is 4.08. The first kappa shape index (κ1) is 22.0. The van der Waals surface area contributed by atoms with Crippen LogP contribution in [0.1, 0.15) is 20.8 Å². The van der Waals surface area contributed by atoms with Crippen LogP contribution in [0.25, 0.3) is 55.8 Å². The third-order valence-corrected chi connectivity index (χ3v) is 6.18. The SMILES string of the molecule is CC(C)(C)C(O)Nc1cncc(-c2ccc3[nH]nc(-c4nc5c(-c6ccoc6)nccc5[nH]4)c3c2)c1. The number of aliphatic hydroxyl groups is 1. The fraction of sp³-hybridized carbons (Fsp3) is 0.185. The number of fused-ring (bicyclic) bond motifs is 2. The highest BCUT2D eigenvalue weighted by Gasteiger charge is 2.22. The van der Waals surface area contributed by atoms with E-state index < -0.39 is 6.23 Å². The van der Waals surface area contributed by atoms with Crippen LogP contribution < -0.4 is 5.32 Å². The number of pyridine rings is 2. The summed E-state index contributed by atoms with van der Waals surface area (Å²) in [6.07, 6.45) is 7.84. The molecule has 36 heavy (non-hydrogen) atoms. The van der Waals surface area contributed by atoms with Crippen molar-refractivity contribution in [1.29, 1.82) is 0 Å². The smallest absolute Gasteiger partial charge is 0.159 e. The van der Waals surface area contributed by atoms with Crippen molar-refractivity contribution < 1.29 is 9.52 Å². The summed E-state index contributed by atoms with van der Waals surface area (Å²) < 4.78 is 5.24. The van der Waals surface area contributed by atoms with Crippen molar-refractivity contribution in [3.05, 3.63) is 67.5 Å². The van der Waals surface area contributed by atoms with E-state index in [1.165, 1.54) is 0 Å². The number of imidazole rings is 1. The Kier molecular flexibility index (Phi) is 5.08. The zero-order valence-electron chi connectivity index (χ0n) is 20.1. The molecular formula is C27H25N7O2. The highest BCUT2D eigenvalue weighted by molar-refractivity contribution is 5.97. The lowest BCUT2D eigenvalue weighted by Crippen LogP contribution is -2.33. The van der Waals surface area contributed by atoms with Crippen molar-refractivity contribution in [2.24, 2.45) is 5.41 Å². The minimum Gasteiger partial charge on any atom is -0.472 e.